The number of aryl methyl sites for hydroxylation is 1. The van der Waals surface area contributed by atoms with Crippen LogP contribution in [0, 0.1) is 6.92 Å². The molecule has 1 aromatic heterocycles. The molecule has 0 saturated heterocycles. The van der Waals surface area contributed by atoms with E-state index in [0.717, 1.165) is 5.75 Å². The van der Waals surface area contributed by atoms with Gasteiger partial charge in [0, 0.05) is 18.7 Å². The molecule has 0 fully saturated rings. The monoisotopic (exact) mass is 313 g/mol. The number of benzene rings is 2. The zero-order chi connectivity index (χ0) is 15.5. The van der Waals surface area contributed by atoms with Gasteiger partial charge in [-0.3, -0.25) is 0 Å². The molecule has 0 N–H and O–H groups in total. The molecule has 0 radical (unpaired) electrons. The van der Waals surface area contributed by atoms with E-state index in [9.17, 15) is 4.79 Å². The third kappa shape index (κ3) is 3.14. The number of carbonyl (C=O) groups excluding carboxylic acids is 1. The second-order valence-electron chi connectivity index (χ2n) is 4.88. The molecule has 3 rings (SSSR count). The zero-order valence-corrected chi connectivity index (χ0v) is 13.1. The maximum Gasteiger partial charge on any atom is 0.343 e. The third-order valence-electron chi connectivity index (χ3n) is 3.18. The summed E-state index contributed by atoms with van der Waals surface area (Å²) in [5, 5.41) is 0. The van der Waals surface area contributed by atoms with Crippen molar-refractivity contribution in [3.8, 4) is 5.75 Å². The molecule has 4 nitrogen and oxygen atoms in total. The van der Waals surface area contributed by atoms with Crippen LogP contribution in [0.4, 0.5) is 0 Å². The fourth-order valence-electron chi connectivity index (χ4n) is 2.16. The van der Waals surface area contributed by atoms with Gasteiger partial charge in [0.2, 0.25) is 0 Å². The number of esters is 1. The summed E-state index contributed by atoms with van der Waals surface area (Å²) in [6.07, 6.45) is 2.05. The minimum atomic E-state index is -0.379. The van der Waals surface area contributed by atoms with E-state index in [1.165, 1.54) is 5.56 Å². The number of aromatic nitrogens is 1. The van der Waals surface area contributed by atoms with Gasteiger partial charge in [-0.1, -0.05) is 12.1 Å². The normalized spacial score (nSPS) is 10.8. The summed E-state index contributed by atoms with van der Waals surface area (Å²) in [6, 6.07) is 12.6. The van der Waals surface area contributed by atoms with Gasteiger partial charge < -0.3 is 9.15 Å². The van der Waals surface area contributed by atoms with Crippen LogP contribution in [0.3, 0.4) is 0 Å². The molecular formula is C17H15NO3S. The highest BCUT2D eigenvalue weighted by Gasteiger charge is 2.10. The van der Waals surface area contributed by atoms with Crippen molar-refractivity contribution in [2.75, 3.05) is 6.26 Å². The van der Waals surface area contributed by atoms with Crippen molar-refractivity contribution in [2.45, 2.75) is 12.7 Å². The molecule has 0 amide bonds. The molecule has 2 aromatic carbocycles. The maximum absolute atomic E-state index is 12.2. The number of nitrogens with zero attached hydrogens (tertiary/aromatic N) is 1. The van der Waals surface area contributed by atoms with E-state index in [1.807, 2.05) is 18.4 Å². The van der Waals surface area contributed by atoms with Crippen molar-refractivity contribution in [3.05, 3.63) is 59.5 Å². The van der Waals surface area contributed by atoms with E-state index in [-0.39, 0.29) is 5.97 Å². The smallest absolute Gasteiger partial charge is 0.343 e. The Hall–Kier alpha value is -2.27. The molecule has 22 heavy (non-hydrogen) atoms. The van der Waals surface area contributed by atoms with Crippen LogP contribution in [-0.4, -0.2) is 17.2 Å². The lowest BCUT2D eigenvalue weighted by molar-refractivity contribution is 0.0735. The van der Waals surface area contributed by atoms with Gasteiger partial charge in [0.1, 0.15) is 11.3 Å². The number of carbonyl (C=O) groups is 1. The first-order chi connectivity index (χ1) is 10.7. The predicted octanol–water partition coefficient (Wildman–Crippen LogP) is 4.22. The Morgan fingerprint density at radius 2 is 2.00 bits per heavy atom. The molecule has 1 heterocycles. The number of thioether (sulfide) groups is 1. The quantitative estimate of drug-likeness (QED) is 0.533. The molecule has 5 heteroatoms. The highest BCUT2D eigenvalue weighted by atomic mass is 32.2. The van der Waals surface area contributed by atoms with Gasteiger partial charge in [0.15, 0.2) is 11.5 Å². The third-order valence-corrected chi connectivity index (χ3v) is 3.80. The molecule has 0 aliphatic carbocycles. The fraction of sp³-hybridized carbons (Fsp3) is 0.176. The van der Waals surface area contributed by atoms with Gasteiger partial charge >= 0.3 is 5.97 Å². The second-order valence-corrected chi connectivity index (χ2v) is 5.75. The molecule has 0 bridgehead atoms. The molecule has 3 aromatic rings. The van der Waals surface area contributed by atoms with Crippen molar-refractivity contribution >= 4 is 28.8 Å². The zero-order valence-electron chi connectivity index (χ0n) is 12.3. The summed E-state index contributed by atoms with van der Waals surface area (Å²) >= 11 is 1.74. The Kier molecular flexibility index (Phi) is 4.15. The standard InChI is InChI=1S/C17H15NO3S/c1-11-18-15-9-14(7-8-16(15)20-11)21-17(19)13-5-3-12(4-6-13)10-22-2/h3-9H,10H2,1-2H3. The number of fused-ring (bicyclic) bond motifs is 1. The van der Waals surface area contributed by atoms with Gasteiger partial charge in [-0.2, -0.15) is 11.8 Å². The molecular weight excluding hydrogens is 298 g/mol. The first-order valence-corrected chi connectivity index (χ1v) is 8.22. The minimum absolute atomic E-state index is 0.379. The first-order valence-electron chi connectivity index (χ1n) is 6.83. The topological polar surface area (TPSA) is 52.3 Å². The highest BCUT2D eigenvalue weighted by Crippen LogP contribution is 2.22. The van der Waals surface area contributed by atoms with E-state index in [1.54, 1.807) is 49.0 Å². The Bertz CT molecular complexity index is 808. The summed E-state index contributed by atoms with van der Waals surface area (Å²) in [5.41, 5.74) is 3.07. The molecule has 0 atom stereocenters. The minimum Gasteiger partial charge on any atom is -0.441 e. The van der Waals surface area contributed by atoms with Crippen molar-refractivity contribution < 1.29 is 13.9 Å². The predicted molar refractivity (Wildman–Crippen MR) is 87.4 cm³/mol. The van der Waals surface area contributed by atoms with E-state index in [2.05, 4.69) is 4.98 Å². The number of oxazole rings is 1. The lowest BCUT2D eigenvalue weighted by atomic mass is 10.1. The summed E-state index contributed by atoms with van der Waals surface area (Å²) in [6.45, 7) is 1.78. The fourth-order valence-corrected chi connectivity index (χ4v) is 2.68. The van der Waals surface area contributed by atoms with Gasteiger partial charge in [-0.15, -0.1) is 0 Å². The number of rotatable bonds is 4. The maximum atomic E-state index is 12.2. The van der Waals surface area contributed by atoms with Gasteiger partial charge in [-0.25, -0.2) is 9.78 Å². The van der Waals surface area contributed by atoms with Crippen molar-refractivity contribution in [1.29, 1.82) is 0 Å². The summed E-state index contributed by atoms with van der Waals surface area (Å²) in [7, 11) is 0. The van der Waals surface area contributed by atoms with E-state index < -0.39 is 0 Å². The average Bonchev–Trinajstić information content (AvgIpc) is 2.87. The van der Waals surface area contributed by atoms with Crippen LogP contribution in [0.15, 0.2) is 46.9 Å². The van der Waals surface area contributed by atoms with Gasteiger partial charge in [-0.05, 0) is 36.1 Å². The lowest BCUT2D eigenvalue weighted by Crippen LogP contribution is -2.08. The van der Waals surface area contributed by atoms with Crippen LogP contribution in [-0.2, 0) is 5.75 Å². The first kappa shape index (κ1) is 14.7. The summed E-state index contributed by atoms with van der Waals surface area (Å²) in [4.78, 5) is 16.4. The van der Waals surface area contributed by atoms with Gasteiger partial charge in [0.05, 0.1) is 5.56 Å². The summed E-state index contributed by atoms with van der Waals surface area (Å²) in [5.74, 6) is 1.59. The lowest BCUT2D eigenvalue weighted by Gasteiger charge is -2.05. The van der Waals surface area contributed by atoms with Crippen molar-refractivity contribution in [3.63, 3.8) is 0 Å². The Labute approximate surface area is 132 Å². The highest BCUT2D eigenvalue weighted by molar-refractivity contribution is 7.97. The molecule has 0 unspecified atom stereocenters. The Morgan fingerprint density at radius 1 is 1.23 bits per heavy atom. The van der Waals surface area contributed by atoms with Crippen LogP contribution >= 0.6 is 11.8 Å². The van der Waals surface area contributed by atoms with Crippen LogP contribution in [0.2, 0.25) is 0 Å². The van der Waals surface area contributed by atoms with Crippen molar-refractivity contribution in [1.82, 2.24) is 4.98 Å². The van der Waals surface area contributed by atoms with E-state index >= 15 is 0 Å². The Morgan fingerprint density at radius 3 is 2.73 bits per heavy atom. The second kappa shape index (κ2) is 6.23. The molecule has 112 valence electrons. The molecule has 0 aliphatic heterocycles. The number of hydrogen-bond donors (Lipinski definition) is 0. The Balaban J connectivity index is 1.76. The van der Waals surface area contributed by atoms with Crippen LogP contribution in [0.5, 0.6) is 5.75 Å². The van der Waals surface area contributed by atoms with Gasteiger partial charge in [0.25, 0.3) is 0 Å². The van der Waals surface area contributed by atoms with Crippen LogP contribution in [0.1, 0.15) is 21.8 Å². The van der Waals surface area contributed by atoms with E-state index in [4.69, 9.17) is 9.15 Å². The largest absolute Gasteiger partial charge is 0.441 e. The molecule has 0 spiro atoms. The number of hydrogen-bond acceptors (Lipinski definition) is 5. The van der Waals surface area contributed by atoms with E-state index in [0.29, 0.717) is 28.3 Å². The summed E-state index contributed by atoms with van der Waals surface area (Å²) < 4.78 is 10.8. The molecule has 0 aliphatic rings. The molecule has 0 saturated carbocycles. The van der Waals surface area contributed by atoms with Crippen molar-refractivity contribution in [2.24, 2.45) is 0 Å². The van der Waals surface area contributed by atoms with Crippen LogP contribution < -0.4 is 4.74 Å². The van der Waals surface area contributed by atoms with Crippen LogP contribution in [0.25, 0.3) is 11.1 Å². The average molecular weight is 313 g/mol. The SMILES string of the molecule is CSCc1ccc(C(=O)Oc2ccc3oc(C)nc3c2)cc1. The number of ether oxygens (including phenoxy) is 1.